The van der Waals surface area contributed by atoms with Crippen molar-refractivity contribution in [3.05, 3.63) is 11.7 Å². The molecule has 1 heterocycles. The smallest absolute Gasteiger partial charge is 0.240 e. The molecule has 2 atom stereocenters. The van der Waals surface area contributed by atoms with Gasteiger partial charge in [-0.1, -0.05) is 24.9 Å². The average Bonchev–Trinajstić information content (AvgIpc) is 2.73. The molecule has 1 fully saturated rings. The highest BCUT2D eigenvalue weighted by Crippen LogP contribution is 2.23. The Kier molecular flexibility index (Phi) is 4.57. The van der Waals surface area contributed by atoms with Crippen molar-refractivity contribution in [2.45, 2.75) is 50.9 Å². The van der Waals surface area contributed by atoms with Gasteiger partial charge in [0.1, 0.15) is 5.75 Å². The molecule has 1 aliphatic rings. The van der Waals surface area contributed by atoms with Crippen LogP contribution in [0.4, 0.5) is 0 Å². The van der Waals surface area contributed by atoms with Gasteiger partial charge in [-0.25, -0.2) is 8.42 Å². The topological polar surface area (TPSA) is 85.1 Å². The van der Waals surface area contributed by atoms with Crippen LogP contribution in [-0.2, 0) is 22.1 Å². The first kappa shape index (κ1) is 14.5. The molecule has 1 N–H and O–H groups in total. The molecule has 0 aromatic carbocycles. The van der Waals surface area contributed by atoms with Gasteiger partial charge in [0, 0.05) is 12.3 Å². The predicted octanol–water partition coefficient (Wildman–Crippen LogP) is 1.28. The number of nitrogens with one attached hydrogen (secondary N) is 1. The van der Waals surface area contributed by atoms with Crippen molar-refractivity contribution in [2.24, 2.45) is 5.92 Å². The fraction of sp³-hybridized carbons (Fsp3) is 0.833. The lowest BCUT2D eigenvalue weighted by Gasteiger charge is -2.29. The van der Waals surface area contributed by atoms with E-state index >= 15 is 0 Å². The zero-order valence-electron chi connectivity index (χ0n) is 11.4. The van der Waals surface area contributed by atoms with Gasteiger partial charge < -0.3 is 9.84 Å². The van der Waals surface area contributed by atoms with E-state index in [-0.39, 0.29) is 11.6 Å². The molecule has 1 aliphatic carbocycles. The van der Waals surface area contributed by atoms with Crippen molar-refractivity contribution in [2.75, 3.05) is 6.26 Å². The second kappa shape index (κ2) is 6.00. The van der Waals surface area contributed by atoms with E-state index in [1.54, 1.807) is 0 Å². The third kappa shape index (κ3) is 4.58. The lowest BCUT2D eigenvalue weighted by atomic mass is 9.86. The van der Waals surface area contributed by atoms with Crippen molar-refractivity contribution in [3.8, 4) is 0 Å². The summed E-state index contributed by atoms with van der Waals surface area (Å²) >= 11 is 0. The maximum Gasteiger partial charge on any atom is 0.240 e. The van der Waals surface area contributed by atoms with Gasteiger partial charge in [0.15, 0.2) is 15.7 Å². The van der Waals surface area contributed by atoms with Gasteiger partial charge in [-0.05, 0) is 18.8 Å². The van der Waals surface area contributed by atoms with Crippen LogP contribution in [0.1, 0.15) is 44.3 Å². The van der Waals surface area contributed by atoms with Crippen LogP contribution in [0.3, 0.4) is 0 Å². The van der Waals surface area contributed by atoms with Crippen LogP contribution in [0.25, 0.3) is 0 Å². The lowest BCUT2D eigenvalue weighted by Crippen LogP contribution is -2.36. The van der Waals surface area contributed by atoms with Crippen LogP contribution in [-0.4, -0.2) is 30.9 Å². The highest BCUT2D eigenvalue weighted by atomic mass is 32.2. The Labute approximate surface area is 113 Å². The summed E-state index contributed by atoms with van der Waals surface area (Å²) in [5.41, 5.74) is 0. The number of hydrogen-bond donors (Lipinski definition) is 1. The van der Waals surface area contributed by atoms with Gasteiger partial charge in [0.25, 0.3) is 0 Å². The Balaban J connectivity index is 1.86. The Morgan fingerprint density at radius 1 is 1.37 bits per heavy atom. The minimum absolute atomic E-state index is 0.170. The Hall–Kier alpha value is -0.950. The average molecular weight is 287 g/mol. The normalized spacial score (nSPS) is 24.5. The monoisotopic (exact) mass is 287 g/mol. The second-order valence-electron chi connectivity index (χ2n) is 5.42. The fourth-order valence-electron chi connectivity index (χ4n) is 2.49. The first-order valence-electron chi connectivity index (χ1n) is 6.66. The van der Waals surface area contributed by atoms with Gasteiger partial charge in [0.05, 0.1) is 6.54 Å². The first-order valence-corrected chi connectivity index (χ1v) is 8.72. The first-order chi connectivity index (χ1) is 8.94. The molecule has 0 spiro atoms. The fourth-order valence-corrected chi connectivity index (χ4v) is 3.08. The van der Waals surface area contributed by atoms with E-state index in [2.05, 4.69) is 22.4 Å². The number of aromatic nitrogens is 2. The van der Waals surface area contributed by atoms with E-state index in [4.69, 9.17) is 4.52 Å². The maximum absolute atomic E-state index is 11.1. The molecule has 0 saturated heterocycles. The summed E-state index contributed by atoms with van der Waals surface area (Å²) < 4.78 is 27.3. The molecule has 1 aromatic rings. The molecule has 1 saturated carbocycles. The van der Waals surface area contributed by atoms with Gasteiger partial charge in [-0.3, -0.25) is 0 Å². The van der Waals surface area contributed by atoms with Crippen molar-refractivity contribution >= 4 is 9.84 Å². The standard InChI is InChI=1S/C12H21N3O3S/c1-9-5-3-4-6-10(9)13-7-12-14-11(15-18-12)8-19(2,16)17/h9-10,13H,3-8H2,1-2H3/t9-,10-/m0/s1. The summed E-state index contributed by atoms with van der Waals surface area (Å²) in [6.07, 6.45) is 6.14. The van der Waals surface area contributed by atoms with Crippen molar-refractivity contribution in [1.29, 1.82) is 0 Å². The summed E-state index contributed by atoms with van der Waals surface area (Å²) in [7, 11) is -3.11. The van der Waals surface area contributed by atoms with E-state index in [0.29, 0.717) is 24.4 Å². The number of hydrogen-bond acceptors (Lipinski definition) is 6. The zero-order chi connectivity index (χ0) is 13.9. The van der Waals surface area contributed by atoms with Crippen LogP contribution < -0.4 is 5.32 Å². The minimum Gasteiger partial charge on any atom is -0.338 e. The molecule has 0 unspecified atom stereocenters. The molecular weight excluding hydrogens is 266 g/mol. The summed E-state index contributed by atoms with van der Waals surface area (Å²) in [6.45, 7) is 2.76. The predicted molar refractivity (Wildman–Crippen MR) is 71.1 cm³/mol. The van der Waals surface area contributed by atoms with E-state index in [1.807, 2.05) is 0 Å². The molecule has 0 radical (unpaired) electrons. The summed E-state index contributed by atoms with van der Waals surface area (Å²) in [5, 5.41) is 7.10. The third-order valence-electron chi connectivity index (χ3n) is 3.53. The molecule has 19 heavy (non-hydrogen) atoms. The molecule has 108 valence electrons. The molecule has 0 amide bonds. The summed E-state index contributed by atoms with van der Waals surface area (Å²) in [6, 6.07) is 0.485. The lowest BCUT2D eigenvalue weighted by molar-refractivity contribution is 0.265. The maximum atomic E-state index is 11.1. The Morgan fingerprint density at radius 3 is 2.79 bits per heavy atom. The largest absolute Gasteiger partial charge is 0.338 e. The summed E-state index contributed by atoms with van der Waals surface area (Å²) in [4.78, 5) is 4.09. The molecule has 1 aromatic heterocycles. The van der Waals surface area contributed by atoms with Crippen molar-refractivity contribution in [3.63, 3.8) is 0 Å². The van der Waals surface area contributed by atoms with E-state index in [1.165, 1.54) is 25.7 Å². The van der Waals surface area contributed by atoms with Crippen LogP contribution in [0.5, 0.6) is 0 Å². The molecular formula is C12H21N3O3S. The van der Waals surface area contributed by atoms with Crippen molar-refractivity contribution in [1.82, 2.24) is 15.5 Å². The van der Waals surface area contributed by atoms with E-state index in [0.717, 1.165) is 6.26 Å². The molecule has 2 rings (SSSR count). The molecule has 0 bridgehead atoms. The summed E-state index contributed by atoms with van der Waals surface area (Å²) in [5.74, 6) is 1.18. The molecule has 6 nitrogen and oxygen atoms in total. The Morgan fingerprint density at radius 2 is 2.11 bits per heavy atom. The number of sulfone groups is 1. The number of nitrogens with zero attached hydrogens (tertiary/aromatic N) is 2. The van der Waals surface area contributed by atoms with Gasteiger partial charge in [-0.15, -0.1) is 0 Å². The quantitative estimate of drug-likeness (QED) is 0.878. The van der Waals surface area contributed by atoms with Crippen molar-refractivity contribution < 1.29 is 12.9 Å². The Bertz CT molecular complexity index is 512. The van der Waals surface area contributed by atoms with Crippen LogP contribution >= 0.6 is 0 Å². The van der Waals surface area contributed by atoms with Crippen LogP contribution in [0.15, 0.2) is 4.52 Å². The van der Waals surface area contributed by atoms with Gasteiger partial charge >= 0.3 is 0 Å². The zero-order valence-corrected chi connectivity index (χ0v) is 12.2. The van der Waals surface area contributed by atoms with Crippen LogP contribution in [0.2, 0.25) is 0 Å². The minimum atomic E-state index is -3.11. The third-order valence-corrected chi connectivity index (χ3v) is 4.31. The SMILES string of the molecule is C[C@H]1CCCC[C@@H]1NCc1nc(CS(C)(=O)=O)no1. The van der Waals surface area contributed by atoms with Gasteiger partial charge in [-0.2, -0.15) is 4.98 Å². The molecule has 7 heteroatoms. The van der Waals surface area contributed by atoms with E-state index < -0.39 is 9.84 Å². The highest BCUT2D eigenvalue weighted by molar-refractivity contribution is 7.89. The number of rotatable bonds is 5. The second-order valence-corrected chi connectivity index (χ2v) is 7.56. The van der Waals surface area contributed by atoms with Crippen LogP contribution in [0, 0.1) is 5.92 Å². The van der Waals surface area contributed by atoms with Gasteiger partial charge in [0.2, 0.25) is 5.89 Å². The highest BCUT2D eigenvalue weighted by Gasteiger charge is 2.21. The van der Waals surface area contributed by atoms with E-state index in [9.17, 15) is 8.42 Å². The molecule has 0 aliphatic heterocycles.